The average Bonchev–Trinajstić information content (AvgIpc) is 2.92. The number of hydrogen-bond acceptors (Lipinski definition) is 4. The minimum absolute atomic E-state index is 0.0745. The van der Waals surface area contributed by atoms with Gasteiger partial charge in [-0.2, -0.15) is 0 Å². The smallest absolute Gasteiger partial charge is 0.403 e. The molecule has 154 valence electrons. The summed E-state index contributed by atoms with van der Waals surface area (Å²) in [4.78, 5) is 0. The zero-order valence-corrected chi connectivity index (χ0v) is 19.0. The first-order valence-electron chi connectivity index (χ1n) is 10.6. The highest BCUT2D eigenvalue weighted by molar-refractivity contribution is 6.68. The van der Waals surface area contributed by atoms with Crippen LogP contribution >= 0.6 is 0 Å². The summed E-state index contributed by atoms with van der Waals surface area (Å²) >= 11 is 0. The van der Waals surface area contributed by atoms with E-state index in [0.29, 0.717) is 0 Å². The highest BCUT2D eigenvalue weighted by atomic mass is 16.7. The van der Waals surface area contributed by atoms with Crippen LogP contribution in [0.1, 0.15) is 80.2 Å². The molecule has 2 heterocycles. The maximum Gasteiger partial charge on any atom is 0.459 e. The maximum atomic E-state index is 6.50. The summed E-state index contributed by atoms with van der Waals surface area (Å²) < 4.78 is 26.0. The lowest BCUT2D eigenvalue weighted by Crippen LogP contribution is -2.42. The topological polar surface area (TPSA) is 36.9 Å². The Bertz CT molecular complexity index is 619. The largest absolute Gasteiger partial charge is 0.459 e. The Morgan fingerprint density at radius 3 is 1.36 bits per heavy atom. The molecule has 0 aromatic heterocycles. The van der Waals surface area contributed by atoms with Gasteiger partial charge in [-0.15, -0.1) is 0 Å². The molecule has 2 fully saturated rings. The van der Waals surface area contributed by atoms with Crippen molar-refractivity contribution in [3.8, 4) is 0 Å². The first kappa shape index (κ1) is 21.9. The molecular weight excluding hydrogens is 350 g/mol. The summed E-state index contributed by atoms with van der Waals surface area (Å²) in [6.45, 7) is 19.0. The second kappa shape index (κ2) is 7.16. The fourth-order valence-corrected chi connectivity index (χ4v) is 4.03. The lowest BCUT2D eigenvalue weighted by molar-refractivity contribution is 0.00578. The third-order valence-electron chi connectivity index (χ3n) is 7.30. The van der Waals surface area contributed by atoms with E-state index >= 15 is 0 Å². The quantitative estimate of drug-likeness (QED) is 0.646. The number of hydrogen-bond donors (Lipinski definition) is 0. The number of benzene rings is 1. The van der Waals surface area contributed by atoms with Crippen LogP contribution < -0.4 is 0 Å². The molecule has 3 rings (SSSR count). The van der Waals surface area contributed by atoms with Crippen molar-refractivity contribution >= 4 is 14.2 Å². The minimum Gasteiger partial charge on any atom is -0.403 e. The van der Waals surface area contributed by atoms with Crippen LogP contribution in [0, 0.1) is 0 Å². The van der Waals surface area contributed by atoms with E-state index in [2.05, 4.69) is 92.6 Å². The van der Waals surface area contributed by atoms with E-state index in [9.17, 15) is 0 Å². The van der Waals surface area contributed by atoms with Gasteiger partial charge in [0.15, 0.2) is 0 Å². The Morgan fingerprint density at radius 2 is 1.04 bits per heavy atom. The molecule has 28 heavy (non-hydrogen) atoms. The van der Waals surface area contributed by atoms with Crippen LogP contribution in [0.2, 0.25) is 5.72 Å². The van der Waals surface area contributed by atoms with Crippen LogP contribution in [-0.2, 0) is 18.6 Å². The maximum absolute atomic E-state index is 6.50. The minimum atomic E-state index is -0.398. The second-order valence-electron chi connectivity index (χ2n) is 10.3. The summed E-state index contributed by atoms with van der Waals surface area (Å²) in [6.07, 6.45) is 0.947. The normalized spacial score (nSPS) is 26.1. The zero-order valence-electron chi connectivity index (χ0n) is 19.0. The fraction of sp³-hybridized carbons (Fsp3) is 0.727. The van der Waals surface area contributed by atoms with Gasteiger partial charge >= 0.3 is 14.2 Å². The van der Waals surface area contributed by atoms with Crippen molar-refractivity contribution in [1.82, 2.24) is 0 Å². The Kier molecular flexibility index (Phi) is 5.59. The Balaban J connectivity index is 2.00. The lowest BCUT2D eigenvalue weighted by atomic mass is 9.45. The summed E-state index contributed by atoms with van der Waals surface area (Å²) in [7, 11) is -0.797. The summed E-state index contributed by atoms with van der Waals surface area (Å²) in [6, 6.07) is 10.6. The molecular formula is C22H36B2O4. The van der Waals surface area contributed by atoms with Gasteiger partial charge in [0.2, 0.25) is 0 Å². The highest BCUT2D eigenvalue weighted by Gasteiger charge is 2.63. The predicted molar refractivity (Wildman–Crippen MR) is 115 cm³/mol. The first-order valence-corrected chi connectivity index (χ1v) is 10.6. The molecule has 6 heteroatoms. The van der Waals surface area contributed by atoms with E-state index in [1.165, 1.54) is 5.56 Å². The van der Waals surface area contributed by atoms with E-state index in [1.54, 1.807) is 0 Å². The van der Waals surface area contributed by atoms with Gasteiger partial charge in [-0.3, -0.25) is 0 Å². The van der Waals surface area contributed by atoms with Crippen molar-refractivity contribution in [2.75, 3.05) is 0 Å². The van der Waals surface area contributed by atoms with Gasteiger partial charge < -0.3 is 18.6 Å². The monoisotopic (exact) mass is 386 g/mol. The van der Waals surface area contributed by atoms with Crippen molar-refractivity contribution < 1.29 is 18.6 Å². The van der Waals surface area contributed by atoms with Crippen molar-refractivity contribution in [3.05, 3.63) is 35.9 Å². The molecule has 0 saturated carbocycles. The molecule has 1 aromatic carbocycles. The molecule has 2 aliphatic heterocycles. The summed E-state index contributed by atoms with van der Waals surface area (Å²) in [5.74, 6) is 0.200. The molecule has 2 aliphatic rings. The van der Waals surface area contributed by atoms with Crippen molar-refractivity contribution in [2.45, 2.75) is 103 Å². The highest BCUT2D eigenvalue weighted by Crippen LogP contribution is 2.50. The molecule has 0 bridgehead atoms. The Labute approximate surface area is 171 Å². The lowest BCUT2D eigenvalue weighted by Gasteiger charge is -2.32. The van der Waals surface area contributed by atoms with Crippen LogP contribution in [0.4, 0.5) is 0 Å². The van der Waals surface area contributed by atoms with Crippen LogP contribution in [0.25, 0.3) is 0 Å². The Morgan fingerprint density at radius 1 is 0.679 bits per heavy atom. The third-order valence-corrected chi connectivity index (χ3v) is 7.30. The van der Waals surface area contributed by atoms with E-state index in [0.717, 1.165) is 6.42 Å². The summed E-state index contributed by atoms with van der Waals surface area (Å²) in [5, 5.41) is 0. The molecule has 2 saturated heterocycles. The van der Waals surface area contributed by atoms with Crippen molar-refractivity contribution in [3.63, 3.8) is 0 Å². The van der Waals surface area contributed by atoms with Gasteiger partial charge in [-0.25, -0.2) is 0 Å². The van der Waals surface area contributed by atoms with Gasteiger partial charge in [-0.1, -0.05) is 37.3 Å². The van der Waals surface area contributed by atoms with Crippen LogP contribution in [0.5, 0.6) is 0 Å². The Hall–Kier alpha value is -0.810. The van der Waals surface area contributed by atoms with E-state index < -0.39 is 36.6 Å². The molecule has 0 radical (unpaired) electrons. The second-order valence-corrected chi connectivity index (χ2v) is 10.3. The van der Waals surface area contributed by atoms with Gasteiger partial charge in [0.25, 0.3) is 0 Å². The molecule has 0 aliphatic carbocycles. The SMILES string of the molecule is CCC(c1ccccc1)C(B1OC(C)(C)C(C)(C)O1)B1OC(C)(C)C(C)(C)O1. The van der Waals surface area contributed by atoms with Gasteiger partial charge in [-0.05, 0) is 73.3 Å². The third kappa shape index (κ3) is 3.69. The molecule has 0 amide bonds. The van der Waals surface area contributed by atoms with E-state index in [1.807, 2.05) is 0 Å². The molecule has 1 unspecified atom stereocenters. The molecule has 0 N–H and O–H groups in total. The van der Waals surface area contributed by atoms with E-state index in [4.69, 9.17) is 18.6 Å². The molecule has 4 nitrogen and oxygen atoms in total. The zero-order chi connectivity index (χ0) is 21.0. The van der Waals surface area contributed by atoms with Gasteiger partial charge in [0.1, 0.15) is 0 Å². The summed E-state index contributed by atoms with van der Waals surface area (Å²) in [5.41, 5.74) is -0.388. The van der Waals surface area contributed by atoms with Crippen molar-refractivity contribution in [2.24, 2.45) is 0 Å². The molecule has 0 spiro atoms. The van der Waals surface area contributed by atoms with Crippen LogP contribution in [-0.4, -0.2) is 36.6 Å². The average molecular weight is 386 g/mol. The van der Waals surface area contributed by atoms with E-state index in [-0.39, 0.29) is 11.6 Å². The number of rotatable bonds is 5. The molecule has 1 aromatic rings. The standard InChI is InChI=1S/C22H36B2O4/c1-10-17(16-14-12-11-13-15-16)18(23-25-19(2,3)20(4,5)26-23)24-27-21(6,7)22(8,9)28-24/h11-15,17-18H,10H2,1-9H3. The predicted octanol–water partition coefficient (Wildman–Crippen LogP) is 5.27. The molecule has 1 atom stereocenters. The van der Waals surface area contributed by atoms with Crippen molar-refractivity contribution in [1.29, 1.82) is 0 Å². The van der Waals surface area contributed by atoms with Crippen LogP contribution in [0.3, 0.4) is 0 Å². The fourth-order valence-electron chi connectivity index (χ4n) is 4.03. The van der Waals surface area contributed by atoms with Gasteiger partial charge in [0.05, 0.1) is 22.4 Å². The van der Waals surface area contributed by atoms with Gasteiger partial charge in [0, 0.05) is 5.72 Å². The first-order chi connectivity index (χ1) is 12.8. The van der Waals surface area contributed by atoms with Crippen LogP contribution in [0.15, 0.2) is 30.3 Å².